The molecule has 1 aliphatic rings. The molecule has 0 N–H and O–H groups in total. The Kier molecular flexibility index (Phi) is 7.35. The standard InChI is InChI=1S/C15H13.3ClH.Zr/c1-10-7-11(2)15-13(8-10)9-12-5-3-4-6-14(12)15;;;;/h3-9H,1-2H3;3*1H;/q;;;;+3/p-3. The van der Waals surface area contributed by atoms with Gasteiger partial charge in [-0.3, -0.25) is 0 Å². The Morgan fingerprint density at radius 1 is 0.895 bits per heavy atom. The van der Waals surface area contributed by atoms with Gasteiger partial charge in [0.15, 0.2) is 0 Å². The van der Waals surface area contributed by atoms with E-state index in [0.29, 0.717) is 3.63 Å². The van der Waals surface area contributed by atoms with E-state index in [1.54, 1.807) is 24.7 Å². The molecule has 0 amide bonds. The van der Waals surface area contributed by atoms with Crippen LogP contribution in [0.25, 0.3) is 11.1 Å². The van der Waals surface area contributed by atoms with E-state index in [4.69, 9.17) is 0 Å². The van der Waals surface area contributed by atoms with Crippen molar-refractivity contribution < 1.29 is 61.9 Å². The van der Waals surface area contributed by atoms with Crippen LogP contribution in [0.4, 0.5) is 0 Å². The minimum absolute atomic E-state index is 0. The summed E-state index contributed by atoms with van der Waals surface area (Å²) < 4.78 is 0.636. The Hall–Kier alpha value is 0.193. The predicted molar refractivity (Wildman–Crippen MR) is 63.2 cm³/mol. The largest absolute Gasteiger partial charge is 1.00 e. The summed E-state index contributed by atoms with van der Waals surface area (Å²) in [5.74, 6) is 0. The molecule has 0 aromatic heterocycles. The maximum absolute atomic E-state index is 2.36. The molecule has 19 heavy (non-hydrogen) atoms. The first-order valence-corrected chi connectivity index (χ1v) is 7.02. The molecule has 3 rings (SSSR count). The SMILES string of the molecule is Cc1cc(C)c2c(c1)[CH]([Zr+3])c1ccccc1-2.[Cl-].[Cl-].[Cl-]. The molecule has 0 radical (unpaired) electrons. The summed E-state index contributed by atoms with van der Waals surface area (Å²) in [6.07, 6.45) is 0. The molecule has 2 aromatic rings. The zero-order valence-electron chi connectivity index (χ0n) is 10.7. The number of halogens is 3. The monoisotopic (exact) mass is 388 g/mol. The van der Waals surface area contributed by atoms with E-state index < -0.39 is 0 Å². The van der Waals surface area contributed by atoms with Crippen LogP contribution in [-0.2, 0) is 24.7 Å². The molecule has 1 aliphatic carbocycles. The Bertz CT molecular complexity index is 582. The number of rotatable bonds is 0. The molecule has 0 spiro atoms. The second-order valence-electron chi connectivity index (χ2n) is 4.57. The summed E-state index contributed by atoms with van der Waals surface area (Å²) in [5.41, 5.74) is 8.81. The van der Waals surface area contributed by atoms with Crippen molar-refractivity contribution >= 4 is 0 Å². The molecule has 4 heteroatoms. The van der Waals surface area contributed by atoms with Crippen molar-refractivity contribution in [3.63, 3.8) is 0 Å². The van der Waals surface area contributed by atoms with Gasteiger partial charge in [0.2, 0.25) is 0 Å². The van der Waals surface area contributed by atoms with Crippen molar-refractivity contribution in [2.75, 3.05) is 0 Å². The molecular weight excluding hydrogens is 378 g/mol. The van der Waals surface area contributed by atoms with E-state index >= 15 is 0 Å². The van der Waals surface area contributed by atoms with Crippen LogP contribution in [0.15, 0.2) is 36.4 Å². The minimum atomic E-state index is 0. The molecule has 0 fully saturated rings. The van der Waals surface area contributed by atoms with Gasteiger partial charge in [-0.15, -0.1) is 0 Å². The third-order valence-electron chi connectivity index (χ3n) is 3.36. The predicted octanol–water partition coefficient (Wildman–Crippen LogP) is -5.07. The van der Waals surface area contributed by atoms with Gasteiger partial charge in [0.1, 0.15) is 0 Å². The van der Waals surface area contributed by atoms with Crippen LogP contribution in [0, 0.1) is 13.8 Å². The van der Waals surface area contributed by atoms with Crippen LogP contribution in [-0.4, -0.2) is 0 Å². The van der Waals surface area contributed by atoms with Crippen LogP contribution in [0.1, 0.15) is 25.9 Å². The molecule has 1 unspecified atom stereocenters. The van der Waals surface area contributed by atoms with E-state index in [1.165, 1.54) is 33.4 Å². The molecule has 0 aliphatic heterocycles. The normalized spacial score (nSPS) is 14.4. The fourth-order valence-electron chi connectivity index (χ4n) is 2.74. The number of fused-ring (bicyclic) bond motifs is 3. The first-order chi connectivity index (χ1) is 7.68. The number of benzene rings is 2. The molecule has 2 aromatic carbocycles. The van der Waals surface area contributed by atoms with Gasteiger partial charge in [-0.2, -0.15) is 0 Å². The number of aryl methyl sites for hydroxylation is 2. The molecule has 0 heterocycles. The minimum Gasteiger partial charge on any atom is -1.00 e. The van der Waals surface area contributed by atoms with E-state index in [9.17, 15) is 0 Å². The first kappa shape index (κ1) is 19.2. The van der Waals surface area contributed by atoms with Crippen molar-refractivity contribution in [3.05, 3.63) is 58.7 Å². The average molecular weight is 391 g/mol. The van der Waals surface area contributed by atoms with E-state index in [0.717, 1.165) is 0 Å². The van der Waals surface area contributed by atoms with Crippen molar-refractivity contribution in [2.45, 2.75) is 17.5 Å². The summed E-state index contributed by atoms with van der Waals surface area (Å²) in [7, 11) is 0. The van der Waals surface area contributed by atoms with Crippen molar-refractivity contribution in [1.29, 1.82) is 0 Å². The Labute approximate surface area is 148 Å². The molecule has 0 bridgehead atoms. The van der Waals surface area contributed by atoms with Crippen molar-refractivity contribution in [2.24, 2.45) is 0 Å². The van der Waals surface area contributed by atoms with Gasteiger partial charge < -0.3 is 37.2 Å². The molecule has 0 saturated carbocycles. The van der Waals surface area contributed by atoms with Gasteiger partial charge in [0, 0.05) is 0 Å². The zero-order valence-corrected chi connectivity index (χ0v) is 15.4. The summed E-state index contributed by atoms with van der Waals surface area (Å²) >= 11 is 1.59. The maximum atomic E-state index is 2.36. The third kappa shape index (κ3) is 3.11. The molecule has 98 valence electrons. The molecule has 0 nitrogen and oxygen atoms in total. The topological polar surface area (TPSA) is 0 Å². The van der Waals surface area contributed by atoms with E-state index in [2.05, 4.69) is 50.2 Å². The third-order valence-corrected chi connectivity index (χ3v) is 4.89. The van der Waals surface area contributed by atoms with E-state index in [1.807, 2.05) is 0 Å². The van der Waals surface area contributed by atoms with Crippen LogP contribution in [0.3, 0.4) is 0 Å². The molecular formula is C15H13Cl3Zr. The van der Waals surface area contributed by atoms with Crippen LogP contribution < -0.4 is 37.2 Å². The summed E-state index contributed by atoms with van der Waals surface area (Å²) in [6.45, 7) is 4.43. The van der Waals surface area contributed by atoms with Crippen LogP contribution in [0.2, 0.25) is 0 Å². The van der Waals surface area contributed by atoms with Gasteiger partial charge in [-0.05, 0) is 0 Å². The van der Waals surface area contributed by atoms with Crippen LogP contribution >= 0.6 is 0 Å². The van der Waals surface area contributed by atoms with Gasteiger partial charge in [0.05, 0.1) is 0 Å². The van der Waals surface area contributed by atoms with Gasteiger partial charge >= 0.3 is 112 Å². The quantitative estimate of drug-likeness (QED) is 0.422. The zero-order chi connectivity index (χ0) is 11.3. The van der Waals surface area contributed by atoms with Crippen molar-refractivity contribution in [3.8, 4) is 11.1 Å². The summed E-state index contributed by atoms with van der Waals surface area (Å²) in [6, 6.07) is 13.5. The number of hydrogen-bond acceptors (Lipinski definition) is 0. The van der Waals surface area contributed by atoms with Crippen LogP contribution in [0.5, 0.6) is 0 Å². The van der Waals surface area contributed by atoms with Gasteiger partial charge in [-0.1, -0.05) is 0 Å². The maximum Gasteiger partial charge on any atom is -1.00 e. The van der Waals surface area contributed by atoms with Gasteiger partial charge in [0.25, 0.3) is 0 Å². The Morgan fingerprint density at radius 2 is 1.53 bits per heavy atom. The summed E-state index contributed by atoms with van der Waals surface area (Å²) in [4.78, 5) is 0. The fourth-order valence-corrected chi connectivity index (χ4v) is 3.92. The van der Waals surface area contributed by atoms with Gasteiger partial charge in [-0.25, -0.2) is 0 Å². The Morgan fingerprint density at radius 3 is 2.21 bits per heavy atom. The molecule has 0 saturated heterocycles. The smallest absolute Gasteiger partial charge is 1.00 e. The average Bonchev–Trinajstić information content (AvgIpc) is 2.54. The first-order valence-electron chi connectivity index (χ1n) is 5.60. The second-order valence-corrected chi connectivity index (χ2v) is 5.99. The van der Waals surface area contributed by atoms with E-state index in [-0.39, 0.29) is 37.2 Å². The fraction of sp³-hybridized carbons (Fsp3) is 0.200. The Balaban J connectivity index is 0.00000108. The number of hydrogen-bond donors (Lipinski definition) is 0. The molecule has 1 atom stereocenters. The van der Waals surface area contributed by atoms with Crippen molar-refractivity contribution in [1.82, 2.24) is 0 Å². The second kappa shape index (κ2) is 7.27. The summed E-state index contributed by atoms with van der Waals surface area (Å²) in [5, 5.41) is 0.